The van der Waals surface area contributed by atoms with Crippen molar-refractivity contribution >= 4 is 5.91 Å². The summed E-state index contributed by atoms with van der Waals surface area (Å²) in [5.41, 5.74) is 4.89. The zero-order valence-corrected chi connectivity index (χ0v) is 14.0. The number of aromatic nitrogens is 2. The van der Waals surface area contributed by atoms with Gasteiger partial charge in [-0.15, -0.1) is 0 Å². The van der Waals surface area contributed by atoms with Crippen LogP contribution in [0.15, 0.2) is 24.3 Å². The molecular weight excluding hydrogens is 276 g/mol. The van der Waals surface area contributed by atoms with E-state index >= 15 is 0 Å². The SMILES string of the molecule is Cc1ccc(C)c(-c2cc(C(=O)NCCN(C)C)nn2C)c1. The molecule has 0 saturated heterocycles. The molecule has 1 aromatic carbocycles. The number of nitrogens with one attached hydrogen (secondary N) is 1. The molecule has 2 aromatic rings. The van der Waals surface area contributed by atoms with Gasteiger partial charge < -0.3 is 10.2 Å². The van der Waals surface area contributed by atoms with Gasteiger partial charge in [-0.3, -0.25) is 9.48 Å². The predicted molar refractivity (Wildman–Crippen MR) is 89.0 cm³/mol. The number of hydrogen-bond donors (Lipinski definition) is 1. The lowest BCUT2D eigenvalue weighted by Crippen LogP contribution is -2.31. The molecule has 1 heterocycles. The Morgan fingerprint density at radius 3 is 2.68 bits per heavy atom. The van der Waals surface area contributed by atoms with Crippen LogP contribution in [0, 0.1) is 13.8 Å². The Morgan fingerprint density at radius 1 is 1.27 bits per heavy atom. The highest BCUT2D eigenvalue weighted by atomic mass is 16.1. The number of benzene rings is 1. The van der Waals surface area contributed by atoms with E-state index in [1.807, 2.05) is 32.1 Å². The monoisotopic (exact) mass is 300 g/mol. The van der Waals surface area contributed by atoms with Gasteiger partial charge in [0.05, 0.1) is 5.69 Å². The molecule has 118 valence electrons. The van der Waals surface area contributed by atoms with Gasteiger partial charge in [0.15, 0.2) is 5.69 Å². The molecule has 22 heavy (non-hydrogen) atoms. The first kappa shape index (κ1) is 16.2. The van der Waals surface area contributed by atoms with Crippen molar-refractivity contribution < 1.29 is 4.79 Å². The van der Waals surface area contributed by atoms with Gasteiger partial charge in [-0.25, -0.2) is 0 Å². The van der Waals surface area contributed by atoms with Crippen LogP contribution in [0.4, 0.5) is 0 Å². The van der Waals surface area contributed by atoms with Crippen LogP contribution in [0.1, 0.15) is 21.6 Å². The number of rotatable bonds is 5. The van der Waals surface area contributed by atoms with Crippen molar-refractivity contribution in [2.24, 2.45) is 7.05 Å². The van der Waals surface area contributed by atoms with Crippen molar-refractivity contribution in [1.82, 2.24) is 20.0 Å². The Hall–Kier alpha value is -2.14. The van der Waals surface area contributed by atoms with E-state index in [9.17, 15) is 4.79 Å². The van der Waals surface area contributed by atoms with Crippen molar-refractivity contribution in [3.05, 3.63) is 41.1 Å². The molecule has 0 bridgehead atoms. The average Bonchev–Trinajstić information content (AvgIpc) is 2.83. The first-order valence-electron chi connectivity index (χ1n) is 7.43. The van der Waals surface area contributed by atoms with E-state index in [1.165, 1.54) is 11.1 Å². The maximum Gasteiger partial charge on any atom is 0.271 e. The molecule has 2 rings (SSSR count). The molecule has 0 radical (unpaired) electrons. The Bertz CT molecular complexity index is 673. The third kappa shape index (κ3) is 3.74. The fourth-order valence-corrected chi connectivity index (χ4v) is 2.33. The van der Waals surface area contributed by atoms with Crippen molar-refractivity contribution in [3.8, 4) is 11.3 Å². The van der Waals surface area contributed by atoms with Gasteiger partial charge in [0, 0.05) is 25.7 Å². The fourth-order valence-electron chi connectivity index (χ4n) is 2.33. The molecule has 0 unspecified atom stereocenters. The zero-order valence-electron chi connectivity index (χ0n) is 14.0. The minimum absolute atomic E-state index is 0.131. The summed E-state index contributed by atoms with van der Waals surface area (Å²) in [5.74, 6) is -0.131. The van der Waals surface area contributed by atoms with Gasteiger partial charge in [0.25, 0.3) is 5.91 Å². The molecule has 0 spiro atoms. The first-order chi connectivity index (χ1) is 10.4. The Morgan fingerprint density at radius 2 is 2.00 bits per heavy atom. The maximum atomic E-state index is 12.2. The van der Waals surface area contributed by atoms with E-state index in [-0.39, 0.29) is 5.91 Å². The minimum atomic E-state index is -0.131. The summed E-state index contributed by atoms with van der Waals surface area (Å²) in [4.78, 5) is 14.2. The lowest BCUT2D eigenvalue weighted by atomic mass is 10.0. The smallest absolute Gasteiger partial charge is 0.271 e. The van der Waals surface area contributed by atoms with Gasteiger partial charge >= 0.3 is 0 Å². The van der Waals surface area contributed by atoms with Crippen LogP contribution in [0.3, 0.4) is 0 Å². The third-order valence-electron chi connectivity index (χ3n) is 3.63. The van der Waals surface area contributed by atoms with Crippen LogP contribution >= 0.6 is 0 Å². The molecule has 0 aliphatic heterocycles. The van der Waals surface area contributed by atoms with Gasteiger partial charge in [0.2, 0.25) is 0 Å². The molecule has 0 fully saturated rings. The van der Waals surface area contributed by atoms with Crippen LogP contribution in [0.5, 0.6) is 0 Å². The van der Waals surface area contributed by atoms with Crippen LogP contribution < -0.4 is 5.32 Å². The highest BCUT2D eigenvalue weighted by Crippen LogP contribution is 2.24. The molecule has 1 aromatic heterocycles. The number of likely N-dealkylation sites (N-methyl/N-ethyl adjacent to an activating group) is 1. The molecule has 5 nitrogen and oxygen atoms in total. The third-order valence-corrected chi connectivity index (χ3v) is 3.63. The first-order valence-corrected chi connectivity index (χ1v) is 7.43. The van der Waals surface area contributed by atoms with Crippen LogP contribution in [-0.4, -0.2) is 47.8 Å². The van der Waals surface area contributed by atoms with E-state index in [1.54, 1.807) is 4.68 Å². The Labute approximate surface area is 131 Å². The number of carbonyl (C=O) groups excluding carboxylic acids is 1. The Balaban J connectivity index is 2.21. The second-order valence-electron chi connectivity index (χ2n) is 5.92. The standard InChI is InChI=1S/C17H24N4O/c1-12-6-7-13(2)14(10-12)16-11-15(19-21(16)5)17(22)18-8-9-20(3)4/h6-7,10-11H,8-9H2,1-5H3,(H,18,22). The van der Waals surface area contributed by atoms with Crippen molar-refractivity contribution in [1.29, 1.82) is 0 Å². The van der Waals surface area contributed by atoms with Gasteiger partial charge in [-0.05, 0) is 45.6 Å². The van der Waals surface area contributed by atoms with Gasteiger partial charge in [0.1, 0.15) is 0 Å². The largest absolute Gasteiger partial charge is 0.349 e. The van der Waals surface area contributed by atoms with Gasteiger partial charge in [-0.2, -0.15) is 5.10 Å². The summed E-state index contributed by atoms with van der Waals surface area (Å²) in [6, 6.07) is 8.16. The number of amides is 1. The molecular formula is C17H24N4O. The topological polar surface area (TPSA) is 50.2 Å². The highest BCUT2D eigenvalue weighted by molar-refractivity contribution is 5.93. The van der Waals surface area contributed by atoms with E-state index < -0.39 is 0 Å². The lowest BCUT2D eigenvalue weighted by Gasteiger charge is -2.09. The molecule has 1 amide bonds. The summed E-state index contributed by atoms with van der Waals surface area (Å²) in [7, 11) is 5.82. The lowest BCUT2D eigenvalue weighted by molar-refractivity contribution is 0.0945. The van der Waals surface area contributed by atoms with E-state index in [2.05, 4.69) is 42.5 Å². The molecule has 0 saturated carbocycles. The Kier molecular flexibility index (Phi) is 4.98. The summed E-state index contributed by atoms with van der Waals surface area (Å²) < 4.78 is 1.77. The maximum absolute atomic E-state index is 12.2. The summed E-state index contributed by atoms with van der Waals surface area (Å²) in [5, 5.41) is 7.24. The van der Waals surface area contributed by atoms with Crippen LogP contribution in [0.25, 0.3) is 11.3 Å². The fraction of sp³-hybridized carbons (Fsp3) is 0.412. The van der Waals surface area contributed by atoms with Gasteiger partial charge in [-0.1, -0.05) is 17.7 Å². The average molecular weight is 300 g/mol. The minimum Gasteiger partial charge on any atom is -0.349 e. The molecule has 5 heteroatoms. The second kappa shape index (κ2) is 6.75. The van der Waals surface area contributed by atoms with Crippen molar-refractivity contribution in [2.45, 2.75) is 13.8 Å². The zero-order chi connectivity index (χ0) is 16.3. The summed E-state index contributed by atoms with van der Waals surface area (Å²) >= 11 is 0. The number of aryl methyl sites for hydroxylation is 3. The summed E-state index contributed by atoms with van der Waals surface area (Å²) in [6.07, 6.45) is 0. The number of hydrogen-bond acceptors (Lipinski definition) is 3. The van der Waals surface area contributed by atoms with E-state index in [0.29, 0.717) is 12.2 Å². The van der Waals surface area contributed by atoms with Crippen molar-refractivity contribution in [2.75, 3.05) is 27.2 Å². The number of nitrogens with zero attached hydrogens (tertiary/aromatic N) is 3. The molecule has 1 N–H and O–H groups in total. The second-order valence-corrected chi connectivity index (χ2v) is 5.92. The molecule has 0 aliphatic rings. The quantitative estimate of drug-likeness (QED) is 0.919. The number of carbonyl (C=O) groups is 1. The molecule has 0 aliphatic carbocycles. The van der Waals surface area contributed by atoms with E-state index in [0.717, 1.165) is 17.8 Å². The molecule has 0 atom stereocenters. The predicted octanol–water partition coefficient (Wildman–Crippen LogP) is 2.00. The normalized spacial score (nSPS) is 11.0. The van der Waals surface area contributed by atoms with Crippen LogP contribution in [0.2, 0.25) is 0 Å². The van der Waals surface area contributed by atoms with Crippen molar-refractivity contribution in [3.63, 3.8) is 0 Å². The summed E-state index contributed by atoms with van der Waals surface area (Å²) in [6.45, 7) is 5.55. The van der Waals surface area contributed by atoms with E-state index in [4.69, 9.17) is 0 Å². The van der Waals surface area contributed by atoms with Crippen LogP contribution in [-0.2, 0) is 7.05 Å². The highest BCUT2D eigenvalue weighted by Gasteiger charge is 2.15.